The Kier molecular flexibility index (Phi) is 5.62. The number of aryl methyl sites for hydroxylation is 2. The Balaban J connectivity index is 1.56. The van der Waals surface area contributed by atoms with Gasteiger partial charge in [-0.25, -0.2) is 4.52 Å². The number of ether oxygens (including phenoxy) is 1. The van der Waals surface area contributed by atoms with Gasteiger partial charge in [0.1, 0.15) is 5.75 Å². The van der Waals surface area contributed by atoms with E-state index in [0.717, 1.165) is 16.8 Å². The minimum atomic E-state index is -4.79. The predicted molar refractivity (Wildman–Crippen MR) is 114 cm³/mol. The first-order chi connectivity index (χ1) is 15.6. The van der Waals surface area contributed by atoms with Crippen molar-refractivity contribution in [2.75, 3.05) is 5.73 Å². The number of rotatable bonds is 5. The molecule has 0 atom stereocenters. The minimum absolute atomic E-state index is 0.0154. The molecule has 3 aromatic heterocycles. The van der Waals surface area contributed by atoms with Crippen LogP contribution < -0.4 is 15.8 Å². The van der Waals surface area contributed by atoms with Gasteiger partial charge in [-0.1, -0.05) is 12.1 Å². The number of carbonyl (C=O) groups excluding carboxylic acids is 1. The van der Waals surface area contributed by atoms with E-state index in [1.165, 1.54) is 18.2 Å². The maximum Gasteiger partial charge on any atom is 0.573 e. The molecule has 3 N–H and O–H groups in total. The number of benzene rings is 1. The van der Waals surface area contributed by atoms with E-state index in [4.69, 9.17) is 5.73 Å². The van der Waals surface area contributed by atoms with Crippen LogP contribution in [0, 0.1) is 13.8 Å². The van der Waals surface area contributed by atoms with Crippen LogP contribution >= 0.6 is 0 Å². The molecule has 11 heteroatoms. The van der Waals surface area contributed by atoms with Crippen molar-refractivity contribution in [2.45, 2.75) is 26.8 Å². The molecule has 0 saturated heterocycles. The third-order valence-electron chi connectivity index (χ3n) is 4.90. The average Bonchev–Trinajstić information content (AvgIpc) is 3.10. The smallest absolute Gasteiger partial charge is 0.406 e. The molecule has 0 aliphatic heterocycles. The summed E-state index contributed by atoms with van der Waals surface area (Å²) in [6, 6.07) is 10.8. The van der Waals surface area contributed by atoms with E-state index in [1.54, 1.807) is 35.8 Å². The van der Waals surface area contributed by atoms with Crippen LogP contribution in [0.25, 0.3) is 16.8 Å². The maximum atomic E-state index is 12.9. The SMILES string of the molecule is Cc1nc(C)c(-c2ccn3nc(N)nc3c2)cc1C(=O)NCc1cccc(OC(F)(F)F)c1. The van der Waals surface area contributed by atoms with Crippen LogP contribution in [0.5, 0.6) is 5.75 Å². The Morgan fingerprint density at radius 3 is 2.67 bits per heavy atom. The van der Waals surface area contributed by atoms with Crippen LogP contribution in [0.3, 0.4) is 0 Å². The lowest BCUT2D eigenvalue weighted by Gasteiger charge is -2.13. The highest BCUT2D eigenvalue weighted by Crippen LogP contribution is 2.26. The van der Waals surface area contributed by atoms with E-state index in [1.807, 2.05) is 13.0 Å². The summed E-state index contributed by atoms with van der Waals surface area (Å²) in [5.41, 5.74) is 9.76. The second-order valence-electron chi connectivity index (χ2n) is 7.32. The topological polar surface area (TPSA) is 107 Å². The zero-order valence-electron chi connectivity index (χ0n) is 17.6. The van der Waals surface area contributed by atoms with Crippen LogP contribution in [0.2, 0.25) is 0 Å². The van der Waals surface area contributed by atoms with Crippen molar-refractivity contribution in [3.05, 3.63) is 71.2 Å². The highest BCUT2D eigenvalue weighted by Gasteiger charge is 2.31. The Bertz CT molecular complexity index is 1350. The molecule has 33 heavy (non-hydrogen) atoms. The zero-order chi connectivity index (χ0) is 23.8. The highest BCUT2D eigenvalue weighted by atomic mass is 19.4. The van der Waals surface area contributed by atoms with Gasteiger partial charge >= 0.3 is 6.36 Å². The number of carbonyl (C=O) groups is 1. The predicted octanol–water partition coefficient (Wildman–Crippen LogP) is 3.82. The van der Waals surface area contributed by atoms with Crippen molar-refractivity contribution in [1.29, 1.82) is 0 Å². The van der Waals surface area contributed by atoms with E-state index in [9.17, 15) is 18.0 Å². The number of nitrogens with zero attached hydrogens (tertiary/aromatic N) is 4. The van der Waals surface area contributed by atoms with Crippen LogP contribution in [-0.2, 0) is 6.54 Å². The normalized spacial score (nSPS) is 11.5. The monoisotopic (exact) mass is 456 g/mol. The molecule has 0 aliphatic rings. The second kappa shape index (κ2) is 8.41. The van der Waals surface area contributed by atoms with E-state index in [0.29, 0.717) is 22.5 Å². The average molecular weight is 456 g/mol. The largest absolute Gasteiger partial charge is 0.573 e. The number of aromatic nitrogens is 4. The molecule has 1 aromatic carbocycles. The van der Waals surface area contributed by atoms with Crippen molar-refractivity contribution in [3.8, 4) is 16.9 Å². The van der Waals surface area contributed by atoms with Crippen molar-refractivity contribution in [1.82, 2.24) is 24.9 Å². The van der Waals surface area contributed by atoms with Gasteiger partial charge in [0, 0.05) is 24.0 Å². The quantitative estimate of drug-likeness (QED) is 0.473. The van der Waals surface area contributed by atoms with Gasteiger partial charge in [0.2, 0.25) is 5.95 Å². The number of halogens is 3. The molecule has 0 unspecified atom stereocenters. The number of anilines is 1. The first-order valence-electron chi connectivity index (χ1n) is 9.82. The lowest BCUT2D eigenvalue weighted by atomic mass is 10.0. The number of hydrogen-bond acceptors (Lipinski definition) is 6. The number of pyridine rings is 2. The lowest BCUT2D eigenvalue weighted by molar-refractivity contribution is -0.274. The van der Waals surface area contributed by atoms with Crippen LogP contribution in [0.1, 0.15) is 27.3 Å². The third-order valence-corrected chi connectivity index (χ3v) is 4.90. The fourth-order valence-corrected chi connectivity index (χ4v) is 3.44. The second-order valence-corrected chi connectivity index (χ2v) is 7.32. The summed E-state index contributed by atoms with van der Waals surface area (Å²) < 4.78 is 42.8. The number of hydrogen-bond donors (Lipinski definition) is 2. The summed E-state index contributed by atoms with van der Waals surface area (Å²) in [7, 11) is 0. The first kappa shape index (κ1) is 22.1. The van der Waals surface area contributed by atoms with E-state index in [-0.39, 0.29) is 18.2 Å². The van der Waals surface area contributed by atoms with Crippen molar-refractivity contribution in [3.63, 3.8) is 0 Å². The Morgan fingerprint density at radius 1 is 1.12 bits per heavy atom. The van der Waals surface area contributed by atoms with Gasteiger partial charge in [0.15, 0.2) is 5.65 Å². The Labute approximate surface area is 186 Å². The van der Waals surface area contributed by atoms with Crippen LogP contribution in [0.15, 0.2) is 48.7 Å². The van der Waals surface area contributed by atoms with Gasteiger partial charge < -0.3 is 15.8 Å². The van der Waals surface area contributed by atoms with Gasteiger partial charge in [0.05, 0.1) is 11.3 Å². The van der Waals surface area contributed by atoms with Gasteiger partial charge in [-0.15, -0.1) is 18.3 Å². The van der Waals surface area contributed by atoms with E-state index in [2.05, 4.69) is 25.1 Å². The standard InChI is InChI=1S/C22H19F3N6O2/c1-12-17(15-6-7-31-19(9-15)29-21(26)30-31)10-18(13(2)28-12)20(32)27-11-14-4-3-5-16(8-14)33-22(23,24)25/h3-10H,11H2,1-2H3,(H2,26,30)(H,27,32). The molecule has 4 aromatic rings. The highest BCUT2D eigenvalue weighted by molar-refractivity contribution is 5.96. The minimum Gasteiger partial charge on any atom is -0.406 e. The summed E-state index contributed by atoms with van der Waals surface area (Å²) in [6.07, 6.45) is -3.08. The molecule has 0 aliphatic carbocycles. The van der Waals surface area contributed by atoms with Crippen molar-refractivity contribution in [2.24, 2.45) is 0 Å². The number of nitrogen functional groups attached to an aromatic ring is 1. The molecule has 170 valence electrons. The van der Waals surface area contributed by atoms with Crippen LogP contribution in [0.4, 0.5) is 19.1 Å². The summed E-state index contributed by atoms with van der Waals surface area (Å²) in [6.45, 7) is 3.56. The molecule has 0 bridgehead atoms. The maximum absolute atomic E-state index is 12.9. The molecular weight excluding hydrogens is 437 g/mol. The fraction of sp³-hybridized carbons (Fsp3) is 0.182. The van der Waals surface area contributed by atoms with Gasteiger partial charge in [0.25, 0.3) is 5.91 Å². The van der Waals surface area contributed by atoms with E-state index < -0.39 is 12.3 Å². The van der Waals surface area contributed by atoms with Gasteiger partial charge in [-0.05, 0) is 55.3 Å². The Morgan fingerprint density at radius 2 is 1.91 bits per heavy atom. The number of fused-ring (bicyclic) bond motifs is 1. The molecule has 0 radical (unpaired) electrons. The summed E-state index contributed by atoms with van der Waals surface area (Å²) in [5.74, 6) is -0.610. The van der Waals surface area contributed by atoms with Gasteiger partial charge in [-0.2, -0.15) is 4.98 Å². The fourth-order valence-electron chi connectivity index (χ4n) is 3.44. The number of amides is 1. The molecule has 0 fully saturated rings. The number of nitrogens with one attached hydrogen (secondary N) is 1. The molecule has 3 heterocycles. The molecule has 0 spiro atoms. The molecule has 8 nitrogen and oxygen atoms in total. The molecule has 1 amide bonds. The molecule has 0 saturated carbocycles. The first-order valence-corrected chi connectivity index (χ1v) is 9.82. The van der Waals surface area contributed by atoms with E-state index >= 15 is 0 Å². The summed E-state index contributed by atoms with van der Waals surface area (Å²) in [5, 5.41) is 6.76. The Hall–Kier alpha value is -4.15. The molecule has 4 rings (SSSR count). The summed E-state index contributed by atoms with van der Waals surface area (Å²) in [4.78, 5) is 21.5. The third kappa shape index (κ3) is 5.03. The molecular formula is C22H19F3N6O2. The van der Waals surface area contributed by atoms with Crippen molar-refractivity contribution >= 4 is 17.5 Å². The van der Waals surface area contributed by atoms with Gasteiger partial charge in [-0.3, -0.25) is 9.78 Å². The number of alkyl halides is 3. The van der Waals surface area contributed by atoms with Crippen LogP contribution in [-0.4, -0.2) is 31.9 Å². The number of nitrogens with two attached hydrogens (primary N) is 1. The zero-order valence-corrected chi connectivity index (χ0v) is 17.6. The van der Waals surface area contributed by atoms with Crippen molar-refractivity contribution < 1.29 is 22.7 Å². The lowest BCUT2D eigenvalue weighted by Crippen LogP contribution is -2.24. The summed E-state index contributed by atoms with van der Waals surface area (Å²) >= 11 is 0.